The average molecular weight is 372 g/mol. The van der Waals surface area contributed by atoms with Gasteiger partial charge in [-0.25, -0.2) is 4.98 Å². The Bertz CT molecular complexity index is 902. The van der Waals surface area contributed by atoms with Crippen molar-refractivity contribution in [1.82, 2.24) is 9.97 Å². The summed E-state index contributed by atoms with van der Waals surface area (Å²) in [5, 5.41) is 11.2. The Kier molecular flexibility index (Phi) is 6.52. The number of hydrogen-bond donors (Lipinski definition) is 2. The van der Waals surface area contributed by atoms with Crippen molar-refractivity contribution in [1.29, 1.82) is 5.26 Å². The van der Waals surface area contributed by atoms with Gasteiger partial charge in [-0.1, -0.05) is 11.8 Å². The van der Waals surface area contributed by atoms with Gasteiger partial charge in [0.25, 0.3) is 5.56 Å². The summed E-state index contributed by atoms with van der Waals surface area (Å²) in [4.78, 5) is 42.0. The lowest BCUT2D eigenvalue weighted by Gasteiger charge is -2.12. The topological polar surface area (TPSA) is 125 Å². The lowest BCUT2D eigenvalue weighted by atomic mass is 10.2. The number of hydrogen-bond acceptors (Lipinski definition) is 7. The largest absolute Gasteiger partial charge is 0.469 e. The van der Waals surface area contributed by atoms with Gasteiger partial charge in [0.1, 0.15) is 0 Å². The molecule has 0 bridgehead atoms. The fraction of sp³-hybridized carbons (Fsp3) is 0.235. The van der Waals surface area contributed by atoms with Crippen LogP contribution in [-0.2, 0) is 20.7 Å². The van der Waals surface area contributed by atoms with Gasteiger partial charge in [0, 0.05) is 11.8 Å². The molecule has 2 rings (SSSR count). The number of aromatic nitrogens is 2. The molecule has 134 valence electrons. The highest BCUT2D eigenvalue weighted by Gasteiger charge is 2.17. The zero-order valence-electron chi connectivity index (χ0n) is 14.1. The molecule has 0 aliphatic heterocycles. The zero-order valence-corrected chi connectivity index (χ0v) is 14.9. The predicted molar refractivity (Wildman–Crippen MR) is 95.7 cm³/mol. The number of benzene rings is 1. The quantitative estimate of drug-likeness (QED) is 0.447. The van der Waals surface area contributed by atoms with Gasteiger partial charge in [0.15, 0.2) is 5.16 Å². The highest BCUT2D eigenvalue weighted by molar-refractivity contribution is 8.00. The molecule has 8 nitrogen and oxygen atoms in total. The Morgan fingerprint density at radius 1 is 1.38 bits per heavy atom. The van der Waals surface area contributed by atoms with E-state index < -0.39 is 16.8 Å². The van der Waals surface area contributed by atoms with Crippen molar-refractivity contribution in [3.05, 3.63) is 51.9 Å². The van der Waals surface area contributed by atoms with Crippen molar-refractivity contribution in [3.8, 4) is 6.07 Å². The summed E-state index contributed by atoms with van der Waals surface area (Å²) in [6.45, 7) is 1.66. The van der Waals surface area contributed by atoms with Gasteiger partial charge in [0.2, 0.25) is 5.91 Å². The standard InChI is InChI=1S/C17H16N4O4S/c1-10(16(24)19-12-5-3-11(9-18)4-6-12)26-17-20-13(7-14(22)21-17)8-15(23)25-2/h3-7,10H,8H2,1-2H3,(H,19,24)(H,20,21,22)/t10-/m1/s1. The monoisotopic (exact) mass is 372 g/mol. The molecule has 9 heteroatoms. The Morgan fingerprint density at radius 2 is 2.08 bits per heavy atom. The SMILES string of the molecule is COC(=O)Cc1cc(=O)[nH]c(S[C@H](C)C(=O)Nc2ccc(C#N)cc2)n1. The molecule has 1 aromatic carbocycles. The van der Waals surface area contributed by atoms with Crippen LogP contribution < -0.4 is 10.9 Å². The summed E-state index contributed by atoms with van der Waals surface area (Å²) in [7, 11) is 1.25. The second-order valence-electron chi connectivity index (χ2n) is 5.23. The van der Waals surface area contributed by atoms with E-state index in [0.29, 0.717) is 11.3 Å². The minimum Gasteiger partial charge on any atom is -0.469 e. The Labute approximate surface area is 153 Å². The second-order valence-corrected chi connectivity index (χ2v) is 6.56. The number of anilines is 1. The lowest BCUT2D eigenvalue weighted by Crippen LogP contribution is -2.23. The normalized spacial score (nSPS) is 11.3. The number of carbonyl (C=O) groups is 2. The molecular formula is C17H16N4O4S. The summed E-state index contributed by atoms with van der Waals surface area (Å²) < 4.78 is 4.55. The fourth-order valence-electron chi connectivity index (χ4n) is 1.94. The molecule has 0 aliphatic carbocycles. The number of methoxy groups -OCH3 is 1. The van der Waals surface area contributed by atoms with Crippen molar-refractivity contribution < 1.29 is 14.3 Å². The summed E-state index contributed by atoms with van der Waals surface area (Å²) in [6.07, 6.45) is -0.125. The fourth-order valence-corrected chi connectivity index (χ4v) is 2.77. The van der Waals surface area contributed by atoms with Gasteiger partial charge >= 0.3 is 5.97 Å². The molecule has 0 saturated heterocycles. The van der Waals surface area contributed by atoms with Gasteiger partial charge < -0.3 is 15.0 Å². The molecular weight excluding hydrogens is 356 g/mol. The van der Waals surface area contributed by atoms with Crippen molar-refractivity contribution in [2.45, 2.75) is 23.8 Å². The summed E-state index contributed by atoms with van der Waals surface area (Å²) in [5.41, 5.74) is 0.904. The van der Waals surface area contributed by atoms with Crippen LogP contribution in [0.5, 0.6) is 0 Å². The number of nitrogens with one attached hydrogen (secondary N) is 2. The third kappa shape index (κ3) is 5.46. The Hall–Kier alpha value is -3.12. The van der Waals surface area contributed by atoms with E-state index in [1.54, 1.807) is 31.2 Å². The van der Waals surface area contributed by atoms with E-state index in [0.717, 1.165) is 11.8 Å². The number of ether oxygens (including phenoxy) is 1. The van der Waals surface area contributed by atoms with Crippen LogP contribution in [-0.4, -0.2) is 34.2 Å². The molecule has 2 N–H and O–H groups in total. The molecule has 0 unspecified atom stereocenters. The molecule has 1 amide bonds. The van der Waals surface area contributed by atoms with Crippen LogP contribution in [0.25, 0.3) is 0 Å². The predicted octanol–water partition coefficient (Wildman–Crippen LogP) is 1.48. The molecule has 0 spiro atoms. The minimum atomic E-state index is -0.554. The highest BCUT2D eigenvalue weighted by atomic mass is 32.2. The van der Waals surface area contributed by atoms with Crippen molar-refractivity contribution >= 4 is 29.3 Å². The van der Waals surface area contributed by atoms with E-state index in [2.05, 4.69) is 20.0 Å². The number of H-pyrrole nitrogens is 1. The first-order chi connectivity index (χ1) is 12.4. The van der Waals surface area contributed by atoms with Crippen LogP contribution in [0.2, 0.25) is 0 Å². The molecule has 0 saturated carbocycles. The minimum absolute atomic E-state index is 0.125. The van der Waals surface area contributed by atoms with Crippen molar-refractivity contribution in [3.63, 3.8) is 0 Å². The van der Waals surface area contributed by atoms with Gasteiger partial charge in [-0.2, -0.15) is 5.26 Å². The zero-order chi connectivity index (χ0) is 19.1. The molecule has 0 fully saturated rings. The van der Waals surface area contributed by atoms with Crippen LogP contribution in [0.3, 0.4) is 0 Å². The first kappa shape index (κ1) is 19.2. The molecule has 2 aromatic rings. The van der Waals surface area contributed by atoms with E-state index in [1.807, 2.05) is 6.07 Å². The van der Waals surface area contributed by atoms with E-state index in [1.165, 1.54) is 13.2 Å². The third-order valence-corrected chi connectivity index (χ3v) is 4.25. The van der Waals surface area contributed by atoms with E-state index >= 15 is 0 Å². The lowest BCUT2D eigenvalue weighted by molar-refractivity contribution is -0.139. The van der Waals surface area contributed by atoms with E-state index in [9.17, 15) is 14.4 Å². The number of amides is 1. The van der Waals surface area contributed by atoms with Gasteiger partial charge in [0.05, 0.1) is 36.1 Å². The maximum atomic E-state index is 12.3. The van der Waals surface area contributed by atoms with Gasteiger partial charge in [-0.05, 0) is 31.2 Å². The molecule has 1 heterocycles. The molecule has 0 aliphatic rings. The Morgan fingerprint density at radius 3 is 2.69 bits per heavy atom. The summed E-state index contributed by atoms with van der Waals surface area (Å²) >= 11 is 1.06. The van der Waals surface area contributed by atoms with Crippen LogP contribution in [0.15, 0.2) is 40.3 Å². The number of carbonyl (C=O) groups excluding carboxylic acids is 2. The van der Waals surface area contributed by atoms with Crippen LogP contribution in [0.4, 0.5) is 5.69 Å². The smallest absolute Gasteiger partial charge is 0.311 e. The van der Waals surface area contributed by atoms with Crippen LogP contribution >= 0.6 is 11.8 Å². The number of esters is 1. The Balaban J connectivity index is 2.04. The molecule has 0 radical (unpaired) electrons. The van der Waals surface area contributed by atoms with Crippen molar-refractivity contribution in [2.75, 3.05) is 12.4 Å². The number of nitrogens with zero attached hydrogens (tertiary/aromatic N) is 2. The molecule has 26 heavy (non-hydrogen) atoms. The number of rotatable bonds is 6. The summed E-state index contributed by atoms with van der Waals surface area (Å²) in [5.74, 6) is -0.800. The molecule has 1 atom stereocenters. The van der Waals surface area contributed by atoms with Crippen LogP contribution in [0, 0.1) is 11.3 Å². The second kappa shape index (κ2) is 8.82. The first-order valence-corrected chi connectivity index (χ1v) is 8.44. The first-order valence-electron chi connectivity index (χ1n) is 7.56. The number of nitriles is 1. The molecule has 1 aromatic heterocycles. The van der Waals surface area contributed by atoms with Crippen molar-refractivity contribution in [2.24, 2.45) is 0 Å². The average Bonchev–Trinajstić information content (AvgIpc) is 2.61. The highest BCUT2D eigenvalue weighted by Crippen LogP contribution is 2.20. The number of aromatic amines is 1. The maximum absolute atomic E-state index is 12.3. The third-order valence-electron chi connectivity index (χ3n) is 3.27. The van der Waals surface area contributed by atoms with E-state index in [-0.39, 0.29) is 23.2 Å². The number of thioether (sulfide) groups is 1. The summed E-state index contributed by atoms with van der Waals surface area (Å²) in [6, 6.07) is 9.67. The van der Waals surface area contributed by atoms with E-state index in [4.69, 9.17) is 5.26 Å². The van der Waals surface area contributed by atoms with Crippen LogP contribution in [0.1, 0.15) is 18.2 Å². The van der Waals surface area contributed by atoms with Gasteiger partial charge in [-0.3, -0.25) is 14.4 Å². The maximum Gasteiger partial charge on any atom is 0.311 e. The van der Waals surface area contributed by atoms with Gasteiger partial charge in [-0.15, -0.1) is 0 Å².